The zero-order valence-electron chi connectivity index (χ0n) is 13.1. The Balaban J connectivity index is 1.93. The largest absolute Gasteiger partial charge is 0.367 e. The topological polar surface area (TPSA) is 26.3 Å². The van der Waals surface area contributed by atoms with E-state index in [-0.39, 0.29) is 18.0 Å². The van der Waals surface area contributed by atoms with Crippen molar-refractivity contribution in [3.63, 3.8) is 0 Å². The van der Waals surface area contributed by atoms with E-state index < -0.39 is 0 Å². The fourth-order valence-corrected chi connectivity index (χ4v) is 2.92. The summed E-state index contributed by atoms with van der Waals surface area (Å²) in [5.74, 6) is 1.56. The average molecular weight is 274 g/mol. The van der Waals surface area contributed by atoms with E-state index >= 15 is 0 Å². The third-order valence-electron chi connectivity index (χ3n) is 4.65. The van der Waals surface area contributed by atoms with Crippen molar-refractivity contribution in [1.29, 1.82) is 0 Å². The molecule has 4 unspecified atom stereocenters. The number of hydrogen-bond acceptors (Lipinski definition) is 2. The predicted molar refractivity (Wildman–Crippen MR) is 82.0 cm³/mol. The first-order valence-corrected chi connectivity index (χ1v) is 7.73. The maximum absolute atomic E-state index is 12.4. The van der Waals surface area contributed by atoms with Crippen LogP contribution in [0.15, 0.2) is 24.3 Å². The average Bonchev–Trinajstić information content (AvgIpc) is 2.43. The molecular formula is C18H26O2. The summed E-state index contributed by atoms with van der Waals surface area (Å²) < 4.78 is 6.01. The molecule has 1 aliphatic carbocycles. The Kier molecular flexibility index (Phi) is 4.98. The lowest BCUT2D eigenvalue weighted by Gasteiger charge is -2.33. The maximum Gasteiger partial charge on any atom is 0.191 e. The Hall–Kier alpha value is -1.15. The summed E-state index contributed by atoms with van der Waals surface area (Å²) in [7, 11) is 0. The van der Waals surface area contributed by atoms with E-state index in [2.05, 4.69) is 13.8 Å². The van der Waals surface area contributed by atoms with Gasteiger partial charge in [0.05, 0.1) is 6.10 Å². The van der Waals surface area contributed by atoms with Crippen LogP contribution in [0.1, 0.15) is 56.0 Å². The summed E-state index contributed by atoms with van der Waals surface area (Å²) in [4.78, 5) is 12.4. The molecular weight excluding hydrogens is 248 g/mol. The molecule has 2 rings (SSSR count). The Morgan fingerprint density at radius 2 is 1.80 bits per heavy atom. The maximum atomic E-state index is 12.4. The van der Waals surface area contributed by atoms with Gasteiger partial charge in [0.1, 0.15) is 6.10 Å². The summed E-state index contributed by atoms with van der Waals surface area (Å²) in [6.07, 6.45) is 3.26. The number of ketones is 1. The van der Waals surface area contributed by atoms with E-state index in [1.54, 1.807) is 0 Å². The van der Waals surface area contributed by atoms with Crippen LogP contribution in [0.25, 0.3) is 0 Å². The van der Waals surface area contributed by atoms with Crippen LogP contribution in [0.5, 0.6) is 0 Å². The van der Waals surface area contributed by atoms with Crippen molar-refractivity contribution < 1.29 is 9.53 Å². The summed E-state index contributed by atoms with van der Waals surface area (Å²) in [6.45, 7) is 8.50. The minimum atomic E-state index is -0.344. The molecule has 0 spiro atoms. The lowest BCUT2D eigenvalue weighted by atomic mass is 9.80. The molecule has 4 atom stereocenters. The number of benzene rings is 1. The second-order valence-electron chi connectivity index (χ2n) is 6.40. The zero-order valence-corrected chi connectivity index (χ0v) is 13.1. The van der Waals surface area contributed by atoms with Crippen LogP contribution in [0, 0.1) is 18.8 Å². The van der Waals surface area contributed by atoms with Crippen LogP contribution in [-0.4, -0.2) is 18.0 Å². The lowest BCUT2D eigenvalue weighted by molar-refractivity contribution is -0.0287. The van der Waals surface area contributed by atoms with Gasteiger partial charge in [-0.25, -0.2) is 0 Å². The third kappa shape index (κ3) is 3.69. The molecule has 0 radical (unpaired) electrons. The highest BCUT2D eigenvalue weighted by Crippen LogP contribution is 2.31. The lowest BCUT2D eigenvalue weighted by Crippen LogP contribution is -2.32. The SMILES string of the molecule is Cc1ccc(C(=O)C(C)OC2CCC(C)C(C)C2)cc1. The van der Waals surface area contributed by atoms with Crippen molar-refractivity contribution in [2.75, 3.05) is 0 Å². The highest BCUT2D eigenvalue weighted by Gasteiger charge is 2.28. The van der Waals surface area contributed by atoms with Gasteiger partial charge in [0.15, 0.2) is 5.78 Å². The Morgan fingerprint density at radius 3 is 2.40 bits per heavy atom. The third-order valence-corrected chi connectivity index (χ3v) is 4.65. The highest BCUT2D eigenvalue weighted by molar-refractivity contribution is 5.99. The molecule has 2 nitrogen and oxygen atoms in total. The second-order valence-corrected chi connectivity index (χ2v) is 6.40. The Morgan fingerprint density at radius 1 is 1.15 bits per heavy atom. The molecule has 0 aromatic heterocycles. The fourth-order valence-electron chi connectivity index (χ4n) is 2.92. The first kappa shape index (κ1) is 15.2. The van der Waals surface area contributed by atoms with Crippen molar-refractivity contribution >= 4 is 5.78 Å². The molecule has 1 fully saturated rings. The van der Waals surface area contributed by atoms with Gasteiger partial charge in [-0.1, -0.05) is 43.7 Å². The molecule has 1 saturated carbocycles. The van der Waals surface area contributed by atoms with Gasteiger partial charge in [0.25, 0.3) is 0 Å². The number of aryl methyl sites for hydroxylation is 1. The second kappa shape index (κ2) is 6.53. The minimum Gasteiger partial charge on any atom is -0.367 e. The molecule has 1 aromatic rings. The standard InChI is InChI=1S/C18H26O2/c1-12-5-8-16(9-6-12)18(19)15(4)20-17-10-7-13(2)14(3)11-17/h5-6,8-9,13-15,17H,7,10-11H2,1-4H3. The van der Waals surface area contributed by atoms with E-state index in [1.165, 1.54) is 12.0 Å². The van der Waals surface area contributed by atoms with Gasteiger partial charge in [0, 0.05) is 5.56 Å². The highest BCUT2D eigenvalue weighted by atomic mass is 16.5. The monoisotopic (exact) mass is 274 g/mol. The number of carbonyl (C=O) groups is 1. The van der Waals surface area contributed by atoms with Crippen molar-refractivity contribution in [2.45, 2.75) is 59.2 Å². The number of Topliss-reactive ketones (excluding diaryl/α,β-unsaturated/α-hetero) is 1. The quantitative estimate of drug-likeness (QED) is 0.760. The summed E-state index contributed by atoms with van der Waals surface area (Å²) >= 11 is 0. The van der Waals surface area contributed by atoms with Crippen molar-refractivity contribution in [3.8, 4) is 0 Å². The molecule has 1 aliphatic rings. The molecule has 20 heavy (non-hydrogen) atoms. The van der Waals surface area contributed by atoms with Crippen LogP contribution in [0.2, 0.25) is 0 Å². The van der Waals surface area contributed by atoms with Gasteiger partial charge in [-0.2, -0.15) is 0 Å². The zero-order chi connectivity index (χ0) is 14.7. The van der Waals surface area contributed by atoms with Crippen molar-refractivity contribution in [3.05, 3.63) is 35.4 Å². The number of carbonyl (C=O) groups excluding carboxylic acids is 1. The van der Waals surface area contributed by atoms with Crippen molar-refractivity contribution in [2.24, 2.45) is 11.8 Å². The fraction of sp³-hybridized carbons (Fsp3) is 0.611. The molecule has 0 aliphatic heterocycles. The molecule has 0 saturated heterocycles. The van der Waals surface area contributed by atoms with E-state index in [9.17, 15) is 4.79 Å². The van der Waals surface area contributed by atoms with Crippen LogP contribution in [-0.2, 0) is 4.74 Å². The molecule has 0 heterocycles. The van der Waals surface area contributed by atoms with E-state index in [0.717, 1.165) is 24.3 Å². The Bertz CT molecular complexity index is 449. The number of hydrogen-bond donors (Lipinski definition) is 0. The van der Waals surface area contributed by atoms with Gasteiger partial charge in [-0.3, -0.25) is 4.79 Å². The summed E-state index contributed by atoms with van der Waals surface area (Å²) in [5, 5.41) is 0. The molecule has 0 bridgehead atoms. The van der Waals surface area contributed by atoms with Crippen LogP contribution >= 0.6 is 0 Å². The molecule has 0 amide bonds. The van der Waals surface area contributed by atoms with Gasteiger partial charge in [-0.15, -0.1) is 0 Å². The van der Waals surface area contributed by atoms with Gasteiger partial charge in [0.2, 0.25) is 0 Å². The Labute approximate surface area is 122 Å². The number of rotatable bonds is 4. The van der Waals surface area contributed by atoms with Gasteiger partial charge < -0.3 is 4.74 Å². The summed E-state index contributed by atoms with van der Waals surface area (Å²) in [6, 6.07) is 7.74. The van der Waals surface area contributed by atoms with Crippen LogP contribution in [0.4, 0.5) is 0 Å². The first-order chi connectivity index (χ1) is 9.47. The van der Waals surface area contributed by atoms with Crippen molar-refractivity contribution in [1.82, 2.24) is 0 Å². The van der Waals surface area contributed by atoms with Crippen LogP contribution < -0.4 is 0 Å². The van der Waals surface area contributed by atoms with E-state index in [4.69, 9.17) is 4.74 Å². The molecule has 110 valence electrons. The normalized spacial score (nSPS) is 28.1. The van der Waals surface area contributed by atoms with E-state index in [0.29, 0.717) is 5.92 Å². The number of ether oxygens (including phenoxy) is 1. The molecule has 0 N–H and O–H groups in total. The molecule has 2 heteroatoms. The van der Waals surface area contributed by atoms with Gasteiger partial charge in [-0.05, 0) is 44.9 Å². The van der Waals surface area contributed by atoms with Crippen LogP contribution in [0.3, 0.4) is 0 Å². The first-order valence-electron chi connectivity index (χ1n) is 7.73. The van der Waals surface area contributed by atoms with E-state index in [1.807, 2.05) is 38.1 Å². The smallest absolute Gasteiger partial charge is 0.191 e. The van der Waals surface area contributed by atoms with Gasteiger partial charge >= 0.3 is 0 Å². The minimum absolute atomic E-state index is 0.0938. The summed E-state index contributed by atoms with van der Waals surface area (Å²) in [5.41, 5.74) is 1.92. The predicted octanol–water partition coefficient (Wildman–Crippen LogP) is 4.41. The molecule has 1 aromatic carbocycles.